The maximum atomic E-state index is 14.4. The number of benzene rings is 2. The van der Waals surface area contributed by atoms with Gasteiger partial charge < -0.3 is 4.74 Å². The van der Waals surface area contributed by atoms with Gasteiger partial charge in [0.2, 0.25) is 5.91 Å². The molecule has 0 saturated carbocycles. The van der Waals surface area contributed by atoms with Gasteiger partial charge in [0.25, 0.3) is 0 Å². The van der Waals surface area contributed by atoms with E-state index in [1.807, 2.05) is 13.8 Å². The standard InChI is InChI=1S/C21H25F3N2O2/c1-13(2)12-28-16-10-9-14-7-5-6-8-15(14)18(16)19(21(22,23)24)26-20(3,4)11-17(27)25-26/h5-10,13,19H,11-12H2,1-4H3,(H,25,27). The van der Waals surface area contributed by atoms with Gasteiger partial charge in [-0.15, -0.1) is 0 Å². The predicted octanol–water partition coefficient (Wildman–Crippen LogP) is 4.99. The second-order valence-corrected chi connectivity index (χ2v) is 8.24. The van der Waals surface area contributed by atoms with Crippen LogP contribution in [0.15, 0.2) is 36.4 Å². The van der Waals surface area contributed by atoms with Gasteiger partial charge in [-0.05, 0) is 36.6 Å². The molecule has 3 rings (SSSR count). The first kappa shape index (κ1) is 20.5. The fourth-order valence-electron chi connectivity index (χ4n) is 3.60. The van der Waals surface area contributed by atoms with E-state index in [1.54, 1.807) is 50.2 Å². The van der Waals surface area contributed by atoms with Crippen LogP contribution in [-0.2, 0) is 4.79 Å². The number of amides is 1. The lowest BCUT2D eigenvalue weighted by Gasteiger charge is -2.38. The SMILES string of the molecule is CC(C)COc1ccc2ccccc2c1C(N1NC(=O)CC1(C)C)C(F)(F)F. The Kier molecular flexibility index (Phi) is 5.32. The maximum absolute atomic E-state index is 14.4. The lowest BCUT2D eigenvalue weighted by atomic mass is 9.93. The zero-order chi connectivity index (χ0) is 20.7. The molecule has 0 spiro atoms. The molecule has 2 aromatic rings. The van der Waals surface area contributed by atoms with Crippen molar-refractivity contribution in [3.05, 3.63) is 42.0 Å². The van der Waals surface area contributed by atoms with Crippen molar-refractivity contribution in [3.8, 4) is 5.75 Å². The molecule has 7 heteroatoms. The van der Waals surface area contributed by atoms with Gasteiger partial charge >= 0.3 is 6.18 Å². The van der Waals surface area contributed by atoms with E-state index in [9.17, 15) is 18.0 Å². The number of hydrogen-bond acceptors (Lipinski definition) is 3. The lowest BCUT2D eigenvalue weighted by molar-refractivity contribution is -0.203. The fourth-order valence-corrected chi connectivity index (χ4v) is 3.60. The van der Waals surface area contributed by atoms with Gasteiger partial charge in [0, 0.05) is 17.5 Å². The van der Waals surface area contributed by atoms with E-state index in [1.165, 1.54) is 0 Å². The number of alkyl halides is 3. The Balaban J connectivity index is 2.23. The molecule has 28 heavy (non-hydrogen) atoms. The quantitative estimate of drug-likeness (QED) is 0.777. The summed E-state index contributed by atoms with van der Waals surface area (Å²) in [4.78, 5) is 11.9. The first-order valence-corrected chi connectivity index (χ1v) is 9.30. The largest absolute Gasteiger partial charge is 0.493 e. The van der Waals surface area contributed by atoms with Gasteiger partial charge in [0.1, 0.15) is 5.75 Å². The number of nitrogens with zero attached hydrogens (tertiary/aromatic N) is 1. The molecule has 0 aliphatic carbocycles. The average Bonchev–Trinajstić information content (AvgIpc) is 2.84. The number of hydrogen-bond donors (Lipinski definition) is 1. The number of hydrazine groups is 1. The van der Waals surface area contributed by atoms with Gasteiger partial charge in [0.15, 0.2) is 6.04 Å². The molecule has 1 amide bonds. The van der Waals surface area contributed by atoms with Crippen LogP contribution in [0.25, 0.3) is 10.8 Å². The summed E-state index contributed by atoms with van der Waals surface area (Å²) < 4.78 is 49.0. The highest BCUT2D eigenvalue weighted by Gasteiger charge is 2.54. The molecule has 1 aliphatic heterocycles. The number of nitrogens with one attached hydrogen (secondary N) is 1. The summed E-state index contributed by atoms with van der Waals surface area (Å²) in [5.74, 6) is -0.0811. The second kappa shape index (κ2) is 7.28. The number of carbonyl (C=O) groups is 1. The fraction of sp³-hybridized carbons (Fsp3) is 0.476. The zero-order valence-electron chi connectivity index (χ0n) is 16.4. The van der Waals surface area contributed by atoms with Crippen molar-refractivity contribution in [2.75, 3.05) is 6.61 Å². The van der Waals surface area contributed by atoms with Crippen LogP contribution in [0.1, 0.15) is 45.7 Å². The van der Waals surface area contributed by atoms with Crippen LogP contribution in [-0.4, -0.2) is 29.2 Å². The van der Waals surface area contributed by atoms with Crippen molar-refractivity contribution >= 4 is 16.7 Å². The Hall–Kier alpha value is -2.28. The summed E-state index contributed by atoms with van der Waals surface area (Å²) in [5.41, 5.74) is 1.46. The molecule has 0 bridgehead atoms. The molecule has 152 valence electrons. The maximum Gasteiger partial charge on any atom is 0.410 e. The van der Waals surface area contributed by atoms with E-state index in [0.717, 1.165) is 5.01 Å². The van der Waals surface area contributed by atoms with Gasteiger partial charge in [-0.3, -0.25) is 10.2 Å². The van der Waals surface area contributed by atoms with Gasteiger partial charge in [0.05, 0.1) is 6.61 Å². The molecule has 0 aromatic heterocycles. The normalized spacial score (nSPS) is 18.5. The highest BCUT2D eigenvalue weighted by atomic mass is 19.4. The third-order valence-corrected chi connectivity index (χ3v) is 4.84. The number of fused-ring (bicyclic) bond motifs is 1. The van der Waals surface area contributed by atoms with Gasteiger partial charge in [-0.1, -0.05) is 44.2 Å². The van der Waals surface area contributed by atoms with Crippen molar-refractivity contribution in [3.63, 3.8) is 0 Å². The lowest BCUT2D eigenvalue weighted by Crippen LogP contribution is -2.51. The van der Waals surface area contributed by atoms with E-state index in [4.69, 9.17) is 4.74 Å². The molecule has 1 fully saturated rings. The van der Waals surface area contributed by atoms with Crippen LogP contribution in [0.4, 0.5) is 13.2 Å². The Morgan fingerprint density at radius 3 is 2.43 bits per heavy atom. The van der Waals surface area contributed by atoms with E-state index in [2.05, 4.69) is 5.43 Å². The minimum absolute atomic E-state index is 0.00741. The number of halogens is 3. The molecule has 0 radical (unpaired) electrons. The molecular weight excluding hydrogens is 369 g/mol. The molecule has 1 aliphatic rings. The number of carbonyl (C=O) groups excluding carboxylic acids is 1. The second-order valence-electron chi connectivity index (χ2n) is 8.24. The summed E-state index contributed by atoms with van der Waals surface area (Å²) >= 11 is 0. The summed E-state index contributed by atoms with van der Waals surface area (Å²) in [6.45, 7) is 7.43. The van der Waals surface area contributed by atoms with E-state index in [0.29, 0.717) is 17.4 Å². The minimum atomic E-state index is -4.62. The van der Waals surface area contributed by atoms with E-state index >= 15 is 0 Å². The molecule has 1 unspecified atom stereocenters. The summed E-state index contributed by atoms with van der Waals surface area (Å²) in [5, 5.41) is 2.18. The third kappa shape index (κ3) is 3.94. The summed E-state index contributed by atoms with van der Waals surface area (Å²) in [7, 11) is 0. The van der Waals surface area contributed by atoms with Gasteiger partial charge in [-0.25, -0.2) is 0 Å². The minimum Gasteiger partial charge on any atom is -0.493 e. The highest BCUT2D eigenvalue weighted by Crippen LogP contribution is 2.48. The first-order valence-electron chi connectivity index (χ1n) is 9.30. The molecule has 1 saturated heterocycles. The van der Waals surface area contributed by atoms with Crippen LogP contribution in [0.3, 0.4) is 0 Å². The van der Waals surface area contributed by atoms with Crippen molar-refractivity contribution in [2.45, 2.75) is 51.9 Å². The molecule has 1 atom stereocenters. The average molecular weight is 394 g/mol. The van der Waals surface area contributed by atoms with Crippen LogP contribution < -0.4 is 10.2 Å². The molecule has 4 nitrogen and oxygen atoms in total. The number of ether oxygens (including phenoxy) is 1. The Bertz CT molecular complexity index is 878. The molecule has 1 N–H and O–H groups in total. The topological polar surface area (TPSA) is 41.6 Å². The third-order valence-electron chi connectivity index (χ3n) is 4.84. The Morgan fingerprint density at radius 1 is 1.18 bits per heavy atom. The van der Waals surface area contributed by atoms with E-state index < -0.39 is 23.7 Å². The highest BCUT2D eigenvalue weighted by molar-refractivity contribution is 5.88. The van der Waals surface area contributed by atoms with Crippen molar-refractivity contribution < 1.29 is 22.7 Å². The molecular formula is C21H25F3N2O2. The van der Waals surface area contributed by atoms with Crippen molar-refractivity contribution in [2.24, 2.45) is 5.92 Å². The van der Waals surface area contributed by atoms with Gasteiger partial charge in [-0.2, -0.15) is 18.2 Å². The zero-order valence-corrected chi connectivity index (χ0v) is 16.4. The van der Waals surface area contributed by atoms with E-state index in [-0.39, 0.29) is 23.7 Å². The smallest absolute Gasteiger partial charge is 0.410 e. The summed E-state index contributed by atoms with van der Waals surface area (Å²) in [6, 6.07) is 8.24. The summed E-state index contributed by atoms with van der Waals surface area (Å²) in [6.07, 6.45) is -4.62. The Labute approximate surface area is 162 Å². The monoisotopic (exact) mass is 394 g/mol. The van der Waals surface area contributed by atoms with Crippen molar-refractivity contribution in [1.82, 2.24) is 10.4 Å². The van der Waals surface area contributed by atoms with Crippen molar-refractivity contribution in [1.29, 1.82) is 0 Å². The molecule has 2 aromatic carbocycles. The van der Waals surface area contributed by atoms with Crippen LogP contribution in [0.5, 0.6) is 5.75 Å². The van der Waals surface area contributed by atoms with Crippen LogP contribution >= 0.6 is 0 Å². The van der Waals surface area contributed by atoms with Crippen LogP contribution in [0.2, 0.25) is 0 Å². The number of rotatable bonds is 5. The predicted molar refractivity (Wildman–Crippen MR) is 102 cm³/mol. The Morgan fingerprint density at radius 2 is 1.86 bits per heavy atom. The molecule has 1 heterocycles. The van der Waals surface area contributed by atoms with Crippen LogP contribution in [0, 0.1) is 5.92 Å². The first-order chi connectivity index (χ1) is 13.0.